The second-order valence-electron chi connectivity index (χ2n) is 26.4. The number of carbonyl (C=O) groups is 2. The summed E-state index contributed by atoms with van der Waals surface area (Å²) in [6.07, 6.45) is 31.7. The zero-order chi connectivity index (χ0) is 75.1. The zero-order valence-corrected chi connectivity index (χ0v) is 59.9. The summed E-state index contributed by atoms with van der Waals surface area (Å²) in [5.41, 5.74) is 7.34. The van der Waals surface area contributed by atoms with Gasteiger partial charge in [-0.1, -0.05) is 198 Å². The van der Waals surface area contributed by atoms with Crippen LogP contribution in [0.15, 0.2) is 193 Å². The number of nitrogens with two attached hydrogens (primary N) is 1. The van der Waals surface area contributed by atoms with Crippen LogP contribution in [0.5, 0.6) is 0 Å². The Balaban J connectivity index is 0.000000694. The van der Waals surface area contributed by atoms with E-state index in [2.05, 4.69) is 10.3 Å². The highest BCUT2D eigenvalue weighted by molar-refractivity contribution is 6.03. The molecule has 22 heteroatoms. The molecule has 1 aliphatic carbocycles. The quantitative estimate of drug-likeness (QED) is 0.0102. The minimum absolute atomic E-state index is 0.0130. The highest BCUT2D eigenvalue weighted by atomic mass is 16.7. The number of nitrogens with zero attached hydrogens (tertiary/aromatic N) is 1. The molecule has 0 spiro atoms. The first-order valence-corrected chi connectivity index (χ1v) is 35.5. The van der Waals surface area contributed by atoms with E-state index in [-0.39, 0.29) is 105 Å². The van der Waals surface area contributed by atoms with E-state index in [0.29, 0.717) is 38.8 Å². The molecule has 18 N–H and O–H groups in total. The summed E-state index contributed by atoms with van der Waals surface area (Å²) in [6.45, 7) is 12.2. The molecule has 1 amide bonds. The van der Waals surface area contributed by atoms with Gasteiger partial charge in [-0.3, -0.25) is 14.6 Å². The van der Waals surface area contributed by atoms with Crippen LogP contribution in [0.1, 0.15) is 150 Å². The Labute approximate surface area is 598 Å². The van der Waals surface area contributed by atoms with Gasteiger partial charge in [-0.2, -0.15) is 0 Å². The number of amides is 1. The van der Waals surface area contributed by atoms with E-state index in [1.165, 1.54) is 18.2 Å². The number of aliphatic hydroxyl groups excluding tert-OH is 15. The number of unbranched alkanes of at least 4 members (excludes halogenated alkanes) is 1. The smallest absolute Gasteiger partial charge is 0.248 e. The van der Waals surface area contributed by atoms with Gasteiger partial charge in [-0.05, 0) is 103 Å². The second-order valence-corrected chi connectivity index (χ2v) is 26.4. The van der Waals surface area contributed by atoms with Crippen LogP contribution in [0, 0.1) is 17.8 Å². The molecule has 1 fully saturated rings. The van der Waals surface area contributed by atoms with Gasteiger partial charge in [0, 0.05) is 55.7 Å². The molecule has 1 aromatic carbocycles. The first kappa shape index (κ1) is 90.9. The van der Waals surface area contributed by atoms with Crippen LogP contribution >= 0.6 is 0 Å². The number of hydrogen-bond acceptors (Lipinski definition) is 21. The molecule has 0 bridgehead atoms. The maximum absolute atomic E-state index is 11.8. The monoisotopic (exact) mass is 1420 g/mol. The number of Topliss-reactive ketones (excluding diaryl/α,β-unsaturated/α-hetero) is 1. The largest absolute Gasteiger partial charge is 0.510 e. The predicted molar refractivity (Wildman–Crippen MR) is 395 cm³/mol. The first-order chi connectivity index (χ1) is 48.1. The van der Waals surface area contributed by atoms with Crippen molar-refractivity contribution in [3.63, 3.8) is 0 Å². The molecule has 3 rings (SSSR count). The Morgan fingerprint density at radius 2 is 1.12 bits per heavy atom. The molecule has 566 valence electrons. The molecule has 19 atom stereocenters. The summed E-state index contributed by atoms with van der Waals surface area (Å²) < 4.78 is 11.1. The Hall–Kier alpha value is -6.23. The third-order valence-electron chi connectivity index (χ3n) is 16.7. The van der Waals surface area contributed by atoms with E-state index in [1.54, 1.807) is 55.5 Å². The summed E-state index contributed by atoms with van der Waals surface area (Å²) in [5, 5.41) is 155. The van der Waals surface area contributed by atoms with Gasteiger partial charge in [0.15, 0.2) is 12.1 Å². The van der Waals surface area contributed by atoms with Crippen LogP contribution in [0.25, 0.3) is 0 Å². The molecule has 0 radical (unpaired) electrons. The molecular formula is C79H121N3O19. The average molecular weight is 1420 g/mol. The molecule has 1 aliphatic heterocycles. The summed E-state index contributed by atoms with van der Waals surface area (Å²) >= 11 is 0. The Kier molecular flexibility index (Phi) is 48.2. The van der Waals surface area contributed by atoms with Gasteiger partial charge in [0.25, 0.3) is 0 Å². The van der Waals surface area contributed by atoms with Crippen molar-refractivity contribution in [3.05, 3.63) is 193 Å². The predicted octanol–water partition coefficient (Wildman–Crippen LogP) is 7.09. The molecule has 0 aromatic heterocycles. The minimum Gasteiger partial charge on any atom is -0.510 e. The fourth-order valence-electron chi connectivity index (χ4n) is 10.6. The highest BCUT2D eigenvalue weighted by Crippen LogP contribution is 2.25. The van der Waals surface area contributed by atoms with Gasteiger partial charge in [-0.25, -0.2) is 0 Å². The maximum atomic E-state index is 11.8. The van der Waals surface area contributed by atoms with Crippen LogP contribution in [0.3, 0.4) is 0 Å². The van der Waals surface area contributed by atoms with E-state index in [9.17, 15) is 86.2 Å². The molecule has 1 heterocycles. The normalized spacial score (nSPS) is 22.7. The lowest BCUT2D eigenvalue weighted by molar-refractivity contribution is -0.302. The Morgan fingerprint density at radius 3 is 1.69 bits per heavy atom. The third kappa shape index (κ3) is 42.2. The van der Waals surface area contributed by atoms with Gasteiger partial charge in [-0.15, -0.1) is 0 Å². The average Bonchev–Trinajstić information content (AvgIpc) is 1.28. The number of aliphatic hydroxyl groups is 15. The standard InChI is InChI=1S/C43H59NO10.C36H62N2O9/c1-30(24-20-16-12-8-5-6-11-15-19-23-27-37(48)44-38-35(46)28-29-36(38)47)39(49)32(3)34(45)26-22-18-14-10-7-9-13-17-21-25-31(2)53-43-42(52)41(51)40(50)33(4)54-43;1-25(2)36(38-24-26-9-4-3-5-10-26)23-35(47)22-34(46)20-30(42)14-7-13-29(41)19-33(45)21-32(44)18-28(40)12-6-11-27(39)17-31(43)15-8-16-37/h5-11,13-15,17-24,26-27,30-34,39-43,45-46,49-52H,12,16,25,28-29H2,1-4H3,(H,44,48);3-7,9-10,12,14,25,27-35,39-47H,8,11,13,15-24,37H2,1-2H3/b8-5+,10-7+,11-6+,13-9+,18-14+,19-15+,21-17+,24-20+,26-22+,27-23+;12-6+,14-7+,38-36?. The molecule has 19 unspecified atom stereocenters. The van der Waals surface area contributed by atoms with E-state index in [1.807, 2.05) is 144 Å². The van der Waals surface area contributed by atoms with Gasteiger partial charge >= 0.3 is 0 Å². The highest BCUT2D eigenvalue weighted by Gasteiger charge is 2.43. The summed E-state index contributed by atoms with van der Waals surface area (Å²) in [4.78, 5) is 28.1. The van der Waals surface area contributed by atoms with E-state index in [4.69, 9.17) is 15.2 Å². The van der Waals surface area contributed by atoms with E-state index in [0.717, 1.165) is 24.1 Å². The minimum atomic E-state index is -1.32. The number of allylic oxidation sites excluding steroid dienone is 18. The van der Waals surface area contributed by atoms with Gasteiger partial charge in [0.2, 0.25) is 5.91 Å². The number of ketones is 1. The Morgan fingerprint density at radius 1 is 0.594 bits per heavy atom. The molecule has 22 nitrogen and oxygen atoms in total. The van der Waals surface area contributed by atoms with Crippen LogP contribution in [0.4, 0.5) is 0 Å². The maximum Gasteiger partial charge on any atom is 0.248 e. The zero-order valence-electron chi connectivity index (χ0n) is 59.9. The van der Waals surface area contributed by atoms with Crippen molar-refractivity contribution in [1.82, 2.24) is 5.32 Å². The molecular weight excluding hydrogens is 1290 g/mol. The van der Waals surface area contributed by atoms with Crippen LogP contribution in [0.2, 0.25) is 0 Å². The van der Waals surface area contributed by atoms with Crippen molar-refractivity contribution >= 4 is 17.4 Å². The molecule has 101 heavy (non-hydrogen) atoms. The Bertz CT molecular complexity index is 2880. The van der Waals surface area contributed by atoms with Crippen LogP contribution < -0.4 is 11.1 Å². The topological polar surface area (TPSA) is 406 Å². The number of aliphatic imine (C=N–C) groups is 1. The number of rotatable bonds is 47. The van der Waals surface area contributed by atoms with Crippen LogP contribution in [-0.2, 0) is 25.6 Å². The van der Waals surface area contributed by atoms with Crippen molar-refractivity contribution in [2.45, 2.75) is 255 Å². The number of benzene rings is 1. The molecule has 1 saturated heterocycles. The van der Waals surface area contributed by atoms with Crippen molar-refractivity contribution < 1.29 is 95.7 Å². The second kappa shape index (κ2) is 53.5. The van der Waals surface area contributed by atoms with Gasteiger partial charge in [0.1, 0.15) is 29.8 Å². The lowest BCUT2D eigenvalue weighted by atomic mass is 9.88. The molecule has 2 aliphatic rings. The SMILES string of the molecule is CC(C)C(CC(O)CC(O)CC(O)/C=C/CC(O)CC(O)CC(O)CC(O)/C=C/CC(O)CC(O)CCCN)=NCc1ccccc1.CC(C/C=C/C=C/C=C/C=C/C=C/C(O)C(C)C(O)C(C)/C=C/CC/C=C/C=C/C=C/C=C/C(=O)NC1=C(O)CCC1=O)OC1OC(C)C(O)C(O)C1O. The van der Waals surface area contributed by atoms with Crippen molar-refractivity contribution in [2.24, 2.45) is 28.5 Å². The molecule has 0 saturated carbocycles. The fourth-order valence-corrected chi connectivity index (χ4v) is 10.6. The molecule has 1 aromatic rings. The van der Waals surface area contributed by atoms with Crippen molar-refractivity contribution in [1.29, 1.82) is 0 Å². The first-order valence-electron chi connectivity index (χ1n) is 35.5. The number of nitrogens with one attached hydrogen (secondary N) is 1. The number of carbonyl (C=O) groups excluding carboxylic acids is 2. The lowest BCUT2D eigenvalue weighted by Gasteiger charge is -2.39. The number of ether oxygens (including phenoxy) is 2. The number of hydrogen-bond donors (Lipinski definition) is 17. The van der Waals surface area contributed by atoms with Crippen molar-refractivity contribution in [2.75, 3.05) is 6.54 Å². The fraction of sp³-hybridized carbons (Fsp3) is 0.557. The van der Waals surface area contributed by atoms with Crippen LogP contribution in [-0.4, -0.2) is 204 Å². The van der Waals surface area contributed by atoms with Gasteiger partial charge in [0.05, 0.1) is 85.9 Å². The van der Waals surface area contributed by atoms with Crippen molar-refractivity contribution in [3.8, 4) is 0 Å². The summed E-state index contributed by atoms with van der Waals surface area (Å²) in [7, 11) is 0. The van der Waals surface area contributed by atoms with E-state index < -0.39 is 104 Å². The van der Waals surface area contributed by atoms with E-state index >= 15 is 0 Å². The summed E-state index contributed by atoms with van der Waals surface area (Å²) in [6, 6.07) is 9.84. The van der Waals surface area contributed by atoms with Gasteiger partial charge < -0.3 is 97.1 Å². The summed E-state index contributed by atoms with van der Waals surface area (Å²) in [5.74, 6) is -1.17. The lowest BCUT2D eigenvalue weighted by Crippen LogP contribution is -2.57. The third-order valence-corrected chi connectivity index (χ3v) is 16.7.